The third kappa shape index (κ3) is 2.68. The van der Waals surface area contributed by atoms with Gasteiger partial charge in [0.1, 0.15) is 11.6 Å². The summed E-state index contributed by atoms with van der Waals surface area (Å²) < 4.78 is 5.36. The smallest absolute Gasteiger partial charge is 0.136 e. The van der Waals surface area contributed by atoms with Crippen molar-refractivity contribution in [2.24, 2.45) is 0 Å². The molecule has 0 saturated carbocycles. The maximum Gasteiger partial charge on any atom is 0.136 e. The summed E-state index contributed by atoms with van der Waals surface area (Å²) in [6.07, 6.45) is 4.16. The van der Waals surface area contributed by atoms with Crippen LogP contribution in [-0.4, -0.2) is 37.8 Å². The summed E-state index contributed by atoms with van der Waals surface area (Å²) in [4.78, 5) is 7.02. The summed E-state index contributed by atoms with van der Waals surface area (Å²) in [7, 11) is 3.76. The molecule has 4 heteroatoms. The monoisotopic (exact) mass is 285 g/mol. The van der Waals surface area contributed by atoms with Crippen LogP contribution >= 0.6 is 0 Å². The Labute approximate surface area is 126 Å². The Morgan fingerprint density at radius 3 is 2.67 bits per heavy atom. The van der Waals surface area contributed by atoms with E-state index in [0.29, 0.717) is 0 Å². The topological polar surface area (TPSA) is 37.4 Å². The molecule has 1 aromatic heterocycles. The number of anilines is 1. The molecule has 0 spiro atoms. The van der Waals surface area contributed by atoms with Crippen LogP contribution in [0, 0.1) is 0 Å². The van der Waals surface area contributed by atoms with Crippen molar-refractivity contribution >= 4 is 16.6 Å². The van der Waals surface area contributed by atoms with Crippen LogP contribution in [-0.2, 0) is 0 Å². The highest BCUT2D eigenvalue weighted by Crippen LogP contribution is 2.31. The standard InChI is InChI=1S/C17H23N3O/c1-17(18-2)7-10-20(11-8-17)16-15-12-14(21-3)5-4-13(15)6-9-19-16/h4-6,9,12,18H,7-8,10-11H2,1-3H3. The van der Waals surface area contributed by atoms with Gasteiger partial charge in [0.2, 0.25) is 0 Å². The van der Waals surface area contributed by atoms with Gasteiger partial charge in [-0.15, -0.1) is 0 Å². The Balaban J connectivity index is 1.94. The van der Waals surface area contributed by atoms with Crippen molar-refractivity contribution in [3.63, 3.8) is 0 Å². The molecule has 0 amide bonds. The van der Waals surface area contributed by atoms with Crippen LogP contribution in [0.15, 0.2) is 30.5 Å². The van der Waals surface area contributed by atoms with Crippen molar-refractivity contribution in [1.29, 1.82) is 0 Å². The van der Waals surface area contributed by atoms with E-state index >= 15 is 0 Å². The highest BCUT2D eigenvalue weighted by Gasteiger charge is 2.29. The fourth-order valence-corrected chi connectivity index (χ4v) is 2.97. The van der Waals surface area contributed by atoms with E-state index in [1.807, 2.05) is 12.3 Å². The molecule has 1 aliphatic heterocycles. The highest BCUT2D eigenvalue weighted by molar-refractivity contribution is 5.93. The van der Waals surface area contributed by atoms with E-state index < -0.39 is 0 Å². The molecule has 1 fully saturated rings. The normalized spacial score (nSPS) is 18.0. The minimum Gasteiger partial charge on any atom is -0.497 e. The van der Waals surface area contributed by atoms with Gasteiger partial charge in [0.15, 0.2) is 0 Å². The molecule has 0 aliphatic carbocycles. The van der Waals surface area contributed by atoms with E-state index in [-0.39, 0.29) is 5.54 Å². The Morgan fingerprint density at radius 2 is 2.00 bits per heavy atom. The van der Waals surface area contributed by atoms with Crippen LogP contribution in [0.25, 0.3) is 10.8 Å². The highest BCUT2D eigenvalue weighted by atomic mass is 16.5. The number of fused-ring (bicyclic) bond motifs is 1. The molecule has 1 aliphatic rings. The fourth-order valence-electron chi connectivity index (χ4n) is 2.97. The number of nitrogens with one attached hydrogen (secondary N) is 1. The summed E-state index contributed by atoms with van der Waals surface area (Å²) in [6.45, 7) is 4.35. The zero-order valence-corrected chi connectivity index (χ0v) is 13.0. The third-order valence-corrected chi connectivity index (χ3v) is 4.72. The Kier molecular flexibility index (Phi) is 3.72. The Morgan fingerprint density at radius 1 is 1.24 bits per heavy atom. The van der Waals surface area contributed by atoms with Crippen LogP contribution in [0.4, 0.5) is 5.82 Å². The first-order valence-electron chi connectivity index (χ1n) is 7.52. The number of ether oxygens (including phenoxy) is 1. The molecule has 1 saturated heterocycles. The quantitative estimate of drug-likeness (QED) is 0.941. The molecule has 0 unspecified atom stereocenters. The van der Waals surface area contributed by atoms with Gasteiger partial charge in [-0.25, -0.2) is 4.98 Å². The molecule has 3 rings (SSSR count). The van der Waals surface area contributed by atoms with Crippen molar-refractivity contribution in [2.45, 2.75) is 25.3 Å². The van der Waals surface area contributed by atoms with E-state index in [9.17, 15) is 0 Å². The number of hydrogen-bond donors (Lipinski definition) is 1. The first-order valence-corrected chi connectivity index (χ1v) is 7.52. The second-order valence-electron chi connectivity index (χ2n) is 6.02. The lowest BCUT2D eigenvalue weighted by atomic mass is 9.90. The molecule has 112 valence electrons. The molecule has 0 radical (unpaired) electrons. The van der Waals surface area contributed by atoms with Gasteiger partial charge in [-0.3, -0.25) is 0 Å². The van der Waals surface area contributed by atoms with Gasteiger partial charge >= 0.3 is 0 Å². The third-order valence-electron chi connectivity index (χ3n) is 4.72. The maximum atomic E-state index is 5.36. The number of rotatable bonds is 3. The molecule has 1 aromatic carbocycles. The fraction of sp³-hybridized carbons (Fsp3) is 0.471. The first-order chi connectivity index (χ1) is 10.1. The Bertz CT molecular complexity index is 633. The minimum atomic E-state index is 0.249. The van der Waals surface area contributed by atoms with Crippen molar-refractivity contribution in [3.8, 4) is 5.75 Å². The summed E-state index contributed by atoms with van der Waals surface area (Å²) in [5.74, 6) is 1.96. The predicted octanol–water partition coefficient (Wildman–Crippen LogP) is 2.82. The molecule has 2 aromatic rings. The number of piperidine rings is 1. The average molecular weight is 285 g/mol. The van der Waals surface area contributed by atoms with Crippen LogP contribution in [0.5, 0.6) is 5.75 Å². The van der Waals surface area contributed by atoms with Gasteiger partial charge in [0, 0.05) is 30.2 Å². The second-order valence-corrected chi connectivity index (χ2v) is 6.02. The van der Waals surface area contributed by atoms with E-state index in [4.69, 9.17) is 4.74 Å². The first kappa shape index (κ1) is 14.1. The van der Waals surface area contributed by atoms with Gasteiger partial charge in [0.25, 0.3) is 0 Å². The molecule has 2 heterocycles. The van der Waals surface area contributed by atoms with Crippen LogP contribution < -0.4 is 15.0 Å². The molecule has 4 nitrogen and oxygen atoms in total. The lowest BCUT2D eigenvalue weighted by Gasteiger charge is -2.40. The summed E-state index contributed by atoms with van der Waals surface area (Å²) in [5.41, 5.74) is 0.249. The van der Waals surface area contributed by atoms with Crippen LogP contribution in [0.3, 0.4) is 0 Å². The number of nitrogens with zero attached hydrogens (tertiary/aromatic N) is 2. The largest absolute Gasteiger partial charge is 0.497 e. The van der Waals surface area contributed by atoms with Crippen molar-refractivity contribution in [2.75, 3.05) is 32.1 Å². The SMILES string of the molecule is CNC1(C)CCN(c2nccc3ccc(OC)cc23)CC1. The van der Waals surface area contributed by atoms with Gasteiger partial charge in [-0.2, -0.15) is 0 Å². The van der Waals surface area contributed by atoms with E-state index in [2.05, 4.69) is 47.4 Å². The van der Waals surface area contributed by atoms with Crippen molar-refractivity contribution in [3.05, 3.63) is 30.5 Å². The molecule has 21 heavy (non-hydrogen) atoms. The number of aromatic nitrogens is 1. The molecular formula is C17H23N3O. The van der Waals surface area contributed by atoms with E-state index in [1.165, 1.54) is 10.8 Å². The molecule has 0 bridgehead atoms. The maximum absolute atomic E-state index is 5.36. The van der Waals surface area contributed by atoms with Crippen LogP contribution in [0.2, 0.25) is 0 Å². The van der Waals surface area contributed by atoms with Gasteiger partial charge in [-0.05, 0) is 50.4 Å². The van der Waals surface area contributed by atoms with Gasteiger partial charge < -0.3 is 15.0 Å². The van der Waals surface area contributed by atoms with Crippen molar-refractivity contribution < 1.29 is 4.74 Å². The summed E-state index contributed by atoms with van der Waals surface area (Å²) in [6, 6.07) is 8.24. The summed E-state index contributed by atoms with van der Waals surface area (Å²) in [5, 5.41) is 5.82. The van der Waals surface area contributed by atoms with Crippen LogP contribution in [0.1, 0.15) is 19.8 Å². The Hall–Kier alpha value is -1.81. The number of pyridine rings is 1. The van der Waals surface area contributed by atoms with Crippen molar-refractivity contribution in [1.82, 2.24) is 10.3 Å². The number of hydrogen-bond acceptors (Lipinski definition) is 4. The zero-order chi connectivity index (χ0) is 14.9. The molecular weight excluding hydrogens is 262 g/mol. The predicted molar refractivity (Wildman–Crippen MR) is 87.2 cm³/mol. The molecule has 1 N–H and O–H groups in total. The zero-order valence-electron chi connectivity index (χ0n) is 13.0. The minimum absolute atomic E-state index is 0.249. The number of methoxy groups -OCH3 is 1. The molecule has 0 atom stereocenters. The lowest BCUT2D eigenvalue weighted by Crippen LogP contribution is -2.50. The summed E-state index contributed by atoms with van der Waals surface area (Å²) >= 11 is 0. The lowest BCUT2D eigenvalue weighted by molar-refractivity contribution is 0.304. The van der Waals surface area contributed by atoms with Gasteiger partial charge in [0.05, 0.1) is 7.11 Å². The second kappa shape index (κ2) is 5.53. The van der Waals surface area contributed by atoms with Gasteiger partial charge in [-0.1, -0.05) is 6.07 Å². The van der Waals surface area contributed by atoms with E-state index in [1.54, 1.807) is 7.11 Å². The average Bonchev–Trinajstić information content (AvgIpc) is 2.54. The number of benzene rings is 1. The van der Waals surface area contributed by atoms with E-state index in [0.717, 1.165) is 37.5 Å².